The van der Waals surface area contributed by atoms with E-state index >= 15 is 0 Å². The van der Waals surface area contributed by atoms with E-state index in [4.69, 9.17) is 0 Å². The molecule has 0 fully saturated rings. The van der Waals surface area contributed by atoms with Crippen molar-refractivity contribution >= 4 is 27.8 Å². The fourth-order valence-corrected chi connectivity index (χ4v) is 4.56. The molecule has 0 spiro atoms. The number of aromatic amines is 1. The number of benzene rings is 2. The number of anilines is 1. The minimum absolute atomic E-state index is 0.0915. The first-order valence-electron chi connectivity index (χ1n) is 11.7. The van der Waals surface area contributed by atoms with Crippen molar-refractivity contribution in [2.45, 2.75) is 19.9 Å². The number of pyridine rings is 2. The molecule has 0 aliphatic heterocycles. The molecule has 2 N–H and O–H groups in total. The van der Waals surface area contributed by atoms with Gasteiger partial charge in [0, 0.05) is 28.8 Å². The third-order valence-corrected chi connectivity index (χ3v) is 6.33. The van der Waals surface area contributed by atoms with Crippen LogP contribution in [-0.4, -0.2) is 29.5 Å². The number of para-hydroxylation sites is 1. The SMILES string of the molecule is Cc1ccc(-c2cccc3cc([C@H](C)Nc4ncnc5[nH]cnc45)n(-c4ccccc4)c(=O)c23)cn1. The molecule has 0 amide bonds. The molecule has 1 atom stereocenters. The van der Waals surface area contributed by atoms with Crippen molar-refractivity contribution in [2.75, 3.05) is 5.32 Å². The van der Waals surface area contributed by atoms with Gasteiger partial charge in [-0.05, 0) is 49.1 Å². The van der Waals surface area contributed by atoms with E-state index < -0.39 is 0 Å². The third kappa shape index (κ3) is 3.69. The molecule has 6 aromatic rings. The maximum Gasteiger partial charge on any atom is 0.263 e. The first kappa shape index (κ1) is 21.7. The molecule has 0 radical (unpaired) electrons. The van der Waals surface area contributed by atoms with Crippen molar-refractivity contribution < 1.29 is 0 Å². The molecule has 36 heavy (non-hydrogen) atoms. The Hall–Kier alpha value is -4.85. The predicted octanol–water partition coefficient (Wildman–Crippen LogP) is 5.20. The van der Waals surface area contributed by atoms with Gasteiger partial charge < -0.3 is 10.3 Å². The highest BCUT2D eigenvalue weighted by atomic mass is 16.1. The van der Waals surface area contributed by atoms with Gasteiger partial charge in [-0.25, -0.2) is 15.0 Å². The van der Waals surface area contributed by atoms with Crippen LogP contribution in [0.2, 0.25) is 0 Å². The van der Waals surface area contributed by atoms with Crippen LogP contribution in [0.5, 0.6) is 0 Å². The highest BCUT2D eigenvalue weighted by Crippen LogP contribution is 2.30. The van der Waals surface area contributed by atoms with Crippen LogP contribution < -0.4 is 10.9 Å². The number of rotatable bonds is 5. The summed E-state index contributed by atoms with van der Waals surface area (Å²) in [5, 5.41) is 4.95. The van der Waals surface area contributed by atoms with Crippen molar-refractivity contribution in [1.29, 1.82) is 0 Å². The minimum atomic E-state index is -0.262. The van der Waals surface area contributed by atoms with Gasteiger partial charge in [-0.1, -0.05) is 42.5 Å². The van der Waals surface area contributed by atoms with Crippen LogP contribution in [0.1, 0.15) is 24.4 Å². The number of H-pyrrole nitrogens is 1. The maximum atomic E-state index is 14.2. The largest absolute Gasteiger partial charge is 0.360 e. The van der Waals surface area contributed by atoms with Crippen LogP contribution >= 0.6 is 0 Å². The highest BCUT2D eigenvalue weighted by molar-refractivity contribution is 5.96. The molecule has 6 rings (SSSR count). The lowest BCUT2D eigenvalue weighted by Crippen LogP contribution is -2.26. The second kappa shape index (κ2) is 8.74. The minimum Gasteiger partial charge on any atom is -0.360 e. The lowest BCUT2D eigenvalue weighted by Gasteiger charge is -2.22. The Morgan fingerprint density at radius 1 is 0.944 bits per heavy atom. The highest BCUT2D eigenvalue weighted by Gasteiger charge is 2.20. The molecule has 176 valence electrons. The van der Waals surface area contributed by atoms with Gasteiger partial charge in [0.25, 0.3) is 5.56 Å². The molecule has 0 saturated heterocycles. The molecule has 2 aromatic carbocycles. The smallest absolute Gasteiger partial charge is 0.263 e. The Bertz CT molecular complexity index is 1760. The van der Waals surface area contributed by atoms with Crippen LogP contribution in [0, 0.1) is 6.92 Å². The molecule has 4 heterocycles. The normalized spacial score (nSPS) is 12.2. The van der Waals surface area contributed by atoms with Gasteiger partial charge in [-0.15, -0.1) is 0 Å². The second-order valence-electron chi connectivity index (χ2n) is 8.69. The molecule has 0 unspecified atom stereocenters. The summed E-state index contributed by atoms with van der Waals surface area (Å²) in [6.07, 6.45) is 4.90. The van der Waals surface area contributed by atoms with Crippen molar-refractivity contribution in [3.63, 3.8) is 0 Å². The molecule has 0 saturated carbocycles. The lowest BCUT2D eigenvalue weighted by atomic mass is 9.98. The molecule has 0 bridgehead atoms. The van der Waals surface area contributed by atoms with E-state index in [0.717, 1.165) is 33.6 Å². The van der Waals surface area contributed by atoms with E-state index in [-0.39, 0.29) is 11.6 Å². The summed E-state index contributed by atoms with van der Waals surface area (Å²) >= 11 is 0. The zero-order chi connectivity index (χ0) is 24.6. The molecular formula is C28H23N7O. The zero-order valence-corrected chi connectivity index (χ0v) is 19.8. The standard InChI is InChI=1S/C28H23N7O/c1-17-11-12-20(14-29-17)22-10-6-7-19-13-23(35(28(36)24(19)22)21-8-4-3-5-9-21)18(2)34-27-25-26(31-15-30-25)32-16-33-27/h3-16,18H,1-2H3,(H2,30,31,32,33,34)/t18-/m0/s1. The van der Waals surface area contributed by atoms with Crippen LogP contribution in [0.15, 0.2) is 90.4 Å². The van der Waals surface area contributed by atoms with E-state index in [1.165, 1.54) is 6.33 Å². The number of hydrogen-bond acceptors (Lipinski definition) is 6. The summed E-state index contributed by atoms with van der Waals surface area (Å²) in [5.74, 6) is 0.598. The van der Waals surface area contributed by atoms with Crippen LogP contribution in [0.4, 0.5) is 5.82 Å². The van der Waals surface area contributed by atoms with Gasteiger partial charge in [-0.2, -0.15) is 0 Å². The van der Waals surface area contributed by atoms with Crippen LogP contribution in [0.25, 0.3) is 38.8 Å². The van der Waals surface area contributed by atoms with E-state index in [9.17, 15) is 4.79 Å². The van der Waals surface area contributed by atoms with Gasteiger partial charge in [-0.3, -0.25) is 14.3 Å². The van der Waals surface area contributed by atoms with Crippen LogP contribution in [0.3, 0.4) is 0 Å². The summed E-state index contributed by atoms with van der Waals surface area (Å²) in [6, 6.07) is 21.4. The molecule has 8 heteroatoms. The van der Waals surface area contributed by atoms with E-state index in [1.807, 2.05) is 80.7 Å². The molecule has 8 nitrogen and oxygen atoms in total. The number of imidazole rings is 1. The molecule has 4 aromatic heterocycles. The predicted molar refractivity (Wildman–Crippen MR) is 141 cm³/mol. The van der Waals surface area contributed by atoms with Crippen molar-refractivity contribution in [3.8, 4) is 16.8 Å². The summed E-state index contributed by atoms with van der Waals surface area (Å²) < 4.78 is 1.77. The fourth-order valence-electron chi connectivity index (χ4n) is 4.56. The quantitative estimate of drug-likeness (QED) is 0.357. The monoisotopic (exact) mass is 473 g/mol. The van der Waals surface area contributed by atoms with Gasteiger partial charge in [0.1, 0.15) is 11.8 Å². The Labute approximate surface area is 206 Å². The lowest BCUT2D eigenvalue weighted by molar-refractivity contribution is 0.774. The van der Waals surface area contributed by atoms with E-state index in [1.54, 1.807) is 10.9 Å². The Morgan fingerprint density at radius 2 is 1.81 bits per heavy atom. The average Bonchev–Trinajstić information content (AvgIpc) is 3.39. The third-order valence-electron chi connectivity index (χ3n) is 6.33. The Balaban J connectivity index is 1.57. The van der Waals surface area contributed by atoms with Crippen LogP contribution in [-0.2, 0) is 0 Å². The van der Waals surface area contributed by atoms with Crippen molar-refractivity contribution in [1.82, 2.24) is 29.5 Å². The summed E-state index contributed by atoms with van der Waals surface area (Å²) in [7, 11) is 0. The first-order chi connectivity index (χ1) is 17.6. The van der Waals surface area contributed by atoms with Crippen molar-refractivity contribution in [2.24, 2.45) is 0 Å². The topological polar surface area (TPSA) is 101 Å². The summed E-state index contributed by atoms with van der Waals surface area (Å²) in [4.78, 5) is 34.6. The number of hydrogen-bond donors (Lipinski definition) is 2. The Morgan fingerprint density at radius 3 is 2.61 bits per heavy atom. The van der Waals surface area contributed by atoms with E-state index in [2.05, 4.69) is 36.3 Å². The van der Waals surface area contributed by atoms with Gasteiger partial charge >= 0.3 is 0 Å². The number of fused-ring (bicyclic) bond motifs is 2. The van der Waals surface area contributed by atoms with Crippen molar-refractivity contribution in [3.05, 3.63) is 107 Å². The maximum absolute atomic E-state index is 14.2. The average molecular weight is 474 g/mol. The number of nitrogens with zero attached hydrogens (tertiary/aromatic N) is 5. The molecule has 0 aliphatic carbocycles. The summed E-state index contributed by atoms with van der Waals surface area (Å²) in [5.41, 5.74) is 5.49. The molecule has 0 aliphatic rings. The number of nitrogens with one attached hydrogen (secondary N) is 2. The zero-order valence-electron chi connectivity index (χ0n) is 19.8. The van der Waals surface area contributed by atoms with Gasteiger partial charge in [0.15, 0.2) is 11.5 Å². The second-order valence-corrected chi connectivity index (χ2v) is 8.69. The van der Waals surface area contributed by atoms with E-state index in [0.29, 0.717) is 22.4 Å². The molecular weight excluding hydrogens is 450 g/mol. The number of aromatic nitrogens is 6. The number of aryl methyl sites for hydroxylation is 1. The fraction of sp³-hybridized carbons (Fsp3) is 0.107. The Kier molecular flexibility index (Phi) is 5.26. The summed E-state index contributed by atoms with van der Waals surface area (Å²) in [6.45, 7) is 3.96. The van der Waals surface area contributed by atoms with Gasteiger partial charge in [0.05, 0.1) is 17.8 Å². The van der Waals surface area contributed by atoms with Gasteiger partial charge in [0.2, 0.25) is 0 Å². The first-order valence-corrected chi connectivity index (χ1v) is 11.7.